The molecule has 0 saturated heterocycles. The summed E-state index contributed by atoms with van der Waals surface area (Å²) >= 11 is 0. The highest BCUT2D eigenvalue weighted by Crippen LogP contribution is 2.30. The predicted octanol–water partition coefficient (Wildman–Crippen LogP) is 2.37. The van der Waals surface area contributed by atoms with Gasteiger partial charge in [-0.25, -0.2) is 13.4 Å². The molecule has 22 heavy (non-hydrogen) atoms. The van der Waals surface area contributed by atoms with Crippen molar-refractivity contribution in [3.05, 3.63) is 24.6 Å². The zero-order valence-electron chi connectivity index (χ0n) is 12.3. The van der Waals surface area contributed by atoms with Crippen LogP contribution in [0.3, 0.4) is 0 Å². The third kappa shape index (κ3) is 2.99. The van der Waals surface area contributed by atoms with Crippen LogP contribution in [0.5, 0.6) is 0 Å². The molecule has 1 aromatic heterocycles. The van der Waals surface area contributed by atoms with Crippen molar-refractivity contribution in [2.75, 3.05) is 11.6 Å². The lowest BCUT2D eigenvalue weighted by Gasteiger charge is -2.26. The van der Waals surface area contributed by atoms with Gasteiger partial charge in [-0.15, -0.1) is 0 Å². The lowest BCUT2D eigenvalue weighted by molar-refractivity contribution is -0.120. The molecule has 0 radical (unpaired) electrons. The van der Waals surface area contributed by atoms with Gasteiger partial charge in [-0.1, -0.05) is 6.07 Å². The zero-order chi connectivity index (χ0) is 15.7. The summed E-state index contributed by atoms with van der Waals surface area (Å²) in [5.41, 5.74) is 1.88. The molecule has 7 heteroatoms. The molecule has 1 heterocycles. The van der Waals surface area contributed by atoms with E-state index < -0.39 is 9.84 Å². The normalized spacial score (nSPS) is 22.6. The van der Waals surface area contributed by atoms with Gasteiger partial charge in [0.1, 0.15) is 15.4 Å². The summed E-state index contributed by atoms with van der Waals surface area (Å²) in [6, 6.07) is 5.36. The molecule has 1 aliphatic rings. The van der Waals surface area contributed by atoms with Crippen LogP contribution in [0.4, 0.5) is 5.69 Å². The fourth-order valence-corrected chi connectivity index (χ4v) is 4.10. The largest absolute Gasteiger partial charge is 0.443 e. The molecule has 1 aromatic carbocycles. The zero-order valence-corrected chi connectivity index (χ0v) is 13.1. The van der Waals surface area contributed by atoms with Gasteiger partial charge in [-0.05, 0) is 37.8 Å². The third-order valence-electron chi connectivity index (χ3n) is 4.27. The average Bonchev–Trinajstić information content (AvgIpc) is 2.96. The van der Waals surface area contributed by atoms with Crippen LogP contribution in [-0.2, 0) is 14.6 Å². The molecule has 1 saturated carbocycles. The van der Waals surface area contributed by atoms with E-state index in [9.17, 15) is 13.2 Å². The number of carbonyl (C=O) groups excluding carboxylic acids is 1. The Labute approximate surface area is 128 Å². The quantitative estimate of drug-likeness (QED) is 0.937. The van der Waals surface area contributed by atoms with Crippen molar-refractivity contribution in [2.24, 2.45) is 5.92 Å². The number of fused-ring (bicyclic) bond motifs is 1. The van der Waals surface area contributed by atoms with Crippen LogP contribution in [0.15, 0.2) is 29.0 Å². The smallest absolute Gasteiger partial charge is 0.227 e. The number of carbonyl (C=O) groups is 1. The topological polar surface area (TPSA) is 89.3 Å². The number of para-hydroxylation sites is 1. The number of hydrogen-bond acceptors (Lipinski definition) is 5. The summed E-state index contributed by atoms with van der Waals surface area (Å²) in [5, 5.41) is 2.57. The van der Waals surface area contributed by atoms with Crippen molar-refractivity contribution in [2.45, 2.75) is 30.9 Å². The molecular formula is C15H18N2O4S. The monoisotopic (exact) mass is 322 g/mol. The number of benzene rings is 1. The molecule has 1 N–H and O–H groups in total. The van der Waals surface area contributed by atoms with E-state index in [1.54, 1.807) is 18.2 Å². The Morgan fingerprint density at radius 3 is 2.68 bits per heavy atom. The summed E-state index contributed by atoms with van der Waals surface area (Å²) in [4.78, 5) is 16.5. The number of sulfone groups is 1. The van der Waals surface area contributed by atoms with Gasteiger partial charge < -0.3 is 9.73 Å². The molecule has 6 nitrogen and oxygen atoms in total. The van der Waals surface area contributed by atoms with Crippen LogP contribution < -0.4 is 5.32 Å². The minimum absolute atomic E-state index is 0.0811. The first-order valence-corrected chi connectivity index (χ1v) is 9.22. The maximum atomic E-state index is 12.4. The van der Waals surface area contributed by atoms with Gasteiger partial charge in [0.15, 0.2) is 12.0 Å². The van der Waals surface area contributed by atoms with E-state index in [1.165, 1.54) is 12.6 Å². The Hall–Kier alpha value is -1.89. The molecule has 0 aliphatic heterocycles. The van der Waals surface area contributed by atoms with Gasteiger partial charge in [-0.2, -0.15) is 0 Å². The number of anilines is 1. The molecule has 1 fully saturated rings. The van der Waals surface area contributed by atoms with E-state index in [1.807, 2.05) is 0 Å². The van der Waals surface area contributed by atoms with Crippen LogP contribution in [0.1, 0.15) is 25.7 Å². The second-order valence-corrected chi connectivity index (χ2v) is 8.12. The van der Waals surface area contributed by atoms with E-state index in [2.05, 4.69) is 10.3 Å². The molecule has 0 atom stereocenters. The van der Waals surface area contributed by atoms with E-state index >= 15 is 0 Å². The van der Waals surface area contributed by atoms with Crippen LogP contribution in [0, 0.1) is 5.92 Å². The molecule has 2 aromatic rings. The lowest BCUT2D eigenvalue weighted by Crippen LogP contribution is -2.32. The maximum Gasteiger partial charge on any atom is 0.227 e. The van der Waals surface area contributed by atoms with Gasteiger partial charge in [0.2, 0.25) is 5.91 Å². The molecule has 3 rings (SSSR count). The van der Waals surface area contributed by atoms with Crippen LogP contribution in [-0.4, -0.2) is 30.8 Å². The van der Waals surface area contributed by atoms with Gasteiger partial charge in [0.25, 0.3) is 0 Å². The van der Waals surface area contributed by atoms with Crippen molar-refractivity contribution in [3.63, 3.8) is 0 Å². The van der Waals surface area contributed by atoms with Crippen LogP contribution in [0.2, 0.25) is 0 Å². The molecule has 118 valence electrons. The molecule has 0 bridgehead atoms. The summed E-state index contributed by atoms with van der Waals surface area (Å²) in [6.07, 6.45) is 4.90. The number of hydrogen-bond donors (Lipinski definition) is 1. The highest BCUT2D eigenvalue weighted by atomic mass is 32.2. The number of nitrogens with one attached hydrogen (secondary N) is 1. The Bertz CT molecular complexity index is 789. The maximum absolute atomic E-state index is 12.4. The lowest BCUT2D eigenvalue weighted by atomic mass is 9.88. The number of aromatic nitrogens is 1. The van der Waals surface area contributed by atoms with Gasteiger partial charge in [0, 0.05) is 12.2 Å². The molecular weight excluding hydrogens is 304 g/mol. The number of amides is 1. The summed E-state index contributed by atoms with van der Waals surface area (Å²) < 4.78 is 28.3. The standard InChI is InChI=1S/C15H18N2O4S/c1-22(19,20)11-7-5-10(6-8-11)15(18)17-12-3-2-4-13-14(12)16-9-21-13/h2-4,9-11H,5-8H2,1H3,(H,17,18). The Morgan fingerprint density at radius 1 is 1.27 bits per heavy atom. The molecule has 0 unspecified atom stereocenters. The fourth-order valence-electron chi connectivity index (χ4n) is 2.98. The van der Waals surface area contributed by atoms with E-state index in [0.717, 1.165) is 0 Å². The first-order chi connectivity index (χ1) is 10.4. The minimum atomic E-state index is -3.01. The first kappa shape index (κ1) is 15.0. The van der Waals surface area contributed by atoms with Crippen LogP contribution in [0.25, 0.3) is 11.1 Å². The highest BCUT2D eigenvalue weighted by molar-refractivity contribution is 7.91. The second kappa shape index (κ2) is 5.72. The van der Waals surface area contributed by atoms with Crippen molar-refractivity contribution in [1.82, 2.24) is 4.98 Å². The fraction of sp³-hybridized carbons (Fsp3) is 0.467. The Balaban J connectivity index is 1.67. The molecule has 1 aliphatic carbocycles. The number of rotatable bonds is 3. The van der Waals surface area contributed by atoms with Gasteiger partial charge >= 0.3 is 0 Å². The first-order valence-electron chi connectivity index (χ1n) is 7.27. The highest BCUT2D eigenvalue weighted by Gasteiger charge is 2.31. The summed E-state index contributed by atoms with van der Waals surface area (Å²) in [5.74, 6) is -0.234. The van der Waals surface area contributed by atoms with E-state index in [4.69, 9.17) is 4.42 Å². The van der Waals surface area contributed by atoms with E-state index in [-0.39, 0.29) is 17.1 Å². The van der Waals surface area contributed by atoms with Crippen molar-refractivity contribution < 1.29 is 17.6 Å². The molecule has 0 spiro atoms. The van der Waals surface area contributed by atoms with Crippen molar-refractivity contribution in [1.29, 1.82) is 0 Å². The van der Waals surface area contributed by atoms with Gasteiger partial charge in [0.05, 0.1) is 10.9 Å². The Morgan fingerprint density at radius 2 is 2.00 bits per heavy atom. The van der Waals surface area contributed by atoms with Crippen LogP contribution >= 0.6 is 0 Å². The van der Waals surface area contributed by atoms with Crippen molar-refractivity contribution >= 4 is 32.5 Å². The van der Waals surface area contributed by atoms with E-state index in [0.29, 0.717) is 42.5 Å². The number of nitrogens with zero attached hydrogens (tertiary/aromatic N) is 1. The summed E-state index contributed by atoms with van der Waals surface area (Å²) in [7, 11) is -3.01. The molecule has 1 amide bonds. The Kier molecular flexibility index (Phi) is 3.90. The average molecular weight is 322 g/mol. The van der Waals surface area contributed by atoms with Crippen molar-refractivity contribution in [3.8, 4) is 0 Å². The number of oxazole rings is 1. The van der Waals surface area contributed by atoms with Gasteiger partial charge in [-0.3, -0.25) is 4.79 Å². The second-order valence-electron chi connectivity index (χ2n) is 5.80. The SMILES string of the molecule is CS(=O)(=O)C1CCC(C(=O)Nc2cccc3ocnc23)CC1. The predicted molar refractivity (Wildman–Crippen MR) is 83.2 cm³/mol. The minimum Gasteiger partial charge on any atom is -0.443 e. The summed E-state index contributed by atoms with van der Waals surface area (Å²) in [6.45, 7) is 0. The third-order valence-corrected chi connectivity index (χ3v) is 5.95.